The van der Waals surface area contributed by atoms with Gasteiger partial charge in [-0.25, -0.2) is 0 Å². The van der Waals surface area contributed by atoms with Crippen LogP contribution in [0.2, 0.25) is 0 Å². The molecule has 1 aliphatic rings. The number of hydrogen-bond donors (Lipinski definition) is 3. The first-order valence-electron chi connectivity index (χ1n) is 7.16. The number of nitrogens with one attached hydrogen (secondary N) is 2. The second-order valence-electron chi connectivity index (χ2n) is 4.91. The largest absolute Gasteiger partial charge is 0.491 e. The Kier molecular flexibility index (Phi) is 8.19. The first kappa shape index (κ1) is 18.7. The zero-order valence-corrected chi connectivity index (χ0v) is 13.4. The molecule has 22 heavy (non-hydrogen) atoms. The van der Waals surface area contributed by atoms with Crippen LogP contribution >= 0.6 is 12.4 Å². The molecular weight excluding hydrogens is 308 g/mol. The van der Waals surface area contributed by atoms with Gasteiger partial charge in [0.25, 0.3) is 0 Å². The van der Waals surface area contributed by atoms with Crippen LogP contribution in [0.1, 0.15) is 12.5 Å². The van der Waals surface area contributed by atoms with E-state index in [-0.39, 0.29) is 43.7 Å². The molecule has 0 unspecified atom stereocenters. The third-order valence-electron chi connectivity index (χ3n) is 3.37. The topological polar surface area (TPSA) is 79.8 Å². The second kappa shape index (κ2) is 9.63. The van der Waals surface area contributed by atoms with Crippen molar-refractivity contribution in [2.24, 2.45) is 0 Å². The minimum absolute atomic E-state index is 0. The molecule has 1 fully saturated rings. The summed E-state index contributed by atoms with van der Waals surface area (Å²) >= 11 is 0. The fourth-order valence-electron chi connectivity index (χ4n) is 2.27. The Morgan fingerprint density at radius 2 is 2.27 bits per heavy atom. The van der Waals surface area contributed by atoms with Crippen LogP contribution in [0.25, 0.3) is 0 Å². The monoisotopic (exact) mass is 330 g/mol. The molecule has 124 valence electrons. The van der Waals surface area contributed by atoms with Crippen LogP contribution < -0.4 is 15.4 Å². The number of halogens is 1. The van der Waals surface area contributed by atoms with Gasteiger partial charge in [-0.1, -0.05) is 18.2 Å². The lowest BCUT2D eigenvalue weighted by Gasteiger charge is -2.29. The van der Waals surface area contributed by atoms with Gasteiger partial charge in [-0.2, -0.15) is 0 Å². The van der Waals surface area contributed by atoms with Crippen molar-refractivity contribution < 1.29 is 19.4 Å². The third-order valence-corrected chi connectivity index (χ3v) is 3.37. The SMILES string of the molecule is C[C@H]1OCCN[C@@H]1C(=O)NCc1ccccc1OCCO.Cl. The minimum atomic E-state index is -0.329. The lowest BCUT2D eigenvalue weighted by atomic mass is 10.1. The molecule has 0 saturated carbocycles. The molecule has 0 spiro atoms. The summed E-state index contributed by atoms with van der Waals surface area (Å²) in [5.41, 5.74) is 0.878. The maximum Gasteiger partial charge on any atom is 0.240 e. The molecule has 7 heteroatoms. The van der Waals surface area contributed by atoms with Gasteiger partial charge in [0.05, 0.1) is 19.3 Å². The van der Waals surface area contributed by atoms with Gasteiger partial charge in [0.2, 0.25) is 5.91 Å². The van der Waals surface area contributed by atoms with Crippen molar-refractivity contribution in [1.29, 1.82) is 0 Å². The molecule has 0 aliphatic carbocycles. The molecule has 0 aromatic heterocycles. The predicted molar refractivity (Wildman–Crippen MR) is 85.3 cm³/mol. The molecule has 6 nitrogen and oxygen atoms in total. The van der Waals surface area contributed by atoms with Gasteiger partial charge in [0.15, 0.2) is 0 Å². The van der Waals surface area contributed by atoms with Crippen molar-refractivity contribution in [1.82, 2.24) is 10.6 Å². The molecule has 1 heterocycles. The number of carbonyl (C=O) groups is 1. The van der Waals surface area contributed by atoms with E-state index < -0.39 is 0 Å². The number of benzene rings is 1. The highest BCUT2D eigenvalue weighted by Gasteiger charge is 2.28. The number of aliphatic hydroxyl groups excluding tert-OH is 1. The summed E-state index contributed by atoms with van der Waals surface area (Å²) in [7, 11) is 0. The maximum atomic E-state index is 12.2. The van der Waals surface area contributed by atoms with Crippen LogP contribution in [0.5, 0.6) is 5.75 Å². The first-order valence-corrected chi connectivity index (χ1v) is 7.16. The molecule has 2 atom stereocenters. The molecule has 3 N–H and O–H groups in total. The molecule has 1 aliphatic heterocycles. The minimum Gasteiger partial charge on any atom is -0.491 e. The van der Waals surface area contributed by atoms with E-state index in [9.17, 15) is 4.79 Å². The Morgan fingerprint density at radius 3 is 3.00 bits per heavy atom. The fraction of sp³-hybridized carbons (Fsp3) is 0.533. The number of aliphatic hydroxyl groups is 1. The molecule has 1 aromatic carbocycles. The maximum absolute atomic E-state index is 12.2. The summed E-state index contributed by atoms with van der Waals surface area (Å²) in [5.74, 6) is 0.590. The summed E-state index contributed by atoms with van der Waals surface area (Å²) in [6, 6.07) is 7.13. The van der Waals surface area contributed by atoms with Crippen LogP contribution in [0.4, 0.5) is 0 Å². The number of hydrogen-bond acceptors (Lipinski definition) is 5. The number of para-hydroxylation sites is 1. The number of morpholine rings is 1. The zero-order chi connectivity index (χ0) is 15.1. The van der Waals surface area contributed by atoms with Gasteiger partial charge < -0.3 is 25.2 Å². The first-order chi connectivity index (χ1) is 10.2. The molecule has 2 rings (SSSR count). The van der Waals surface area contributed by atoms with Crippen LogP contribution in [0.15, 0.2) is 24.3 Å². The summed E-state index contributed by atoms with van der Waals surface area (Å²) < 4.78 is 10.9. The van der Waals surface area contributed by atoms with Crippen molar-refractivity contribution in [3.63, 3.8) is 0 Å². The lowest BCUT2D eigenvalue weighted by Crippen LogP contribution is -2.55. The van der Waals surface area contributed by atoms with E-state index in [2.05, 4.69) is 10.6 Å². The van der Waals surface area contributed by atoms with Crippen LogP contribution in [0.3, 0.4) is 0 Å². The molecular formula is C15H23ClN2O4. The van der Waals surface area contributed by atoms with E-state index in [1.54, 1.807) is 0 Å². The molecule has 0 radical (unpaired) electrons. The van der Waals surface area contributed by atoms with Gasteiger partial charge in [-0.05, 0) is 13.0 Å². The number of ether oxygens (including phenoxy) is 2. The van der Waals surface area contributed by atoms with Crippen molar-refractivity contribution in [3.8, 4) is 5.75 Å². The predicted octanol–water partition coefficient (Wildman–Crippen LogP) is 0.473. The third kappa shape index (κ3) is 5.14. The average Bonchev–Trinajstić information content (AvgIpc) is 2.52. The van der Waals surface area contributed by atoms with E-state index in [1.807, 2.05) is 31.2 Å². The smallest absolute Gasteiger partial charge is 0.240 e. The van der Waals surface area contributed by atoms with E-state index >= 15 is 0 Å². The number of amides is 1. The summed E-state index contributed by atoms with van der Waals surface area (Å²) in [6.07, 6.45) is -0.139. The van der Waals surface area contributed by atoms with Crippen molar-refractivity contribution in [3.05, 3.63) is 29.8 Å². The molecule has 1 saturated heterocycles. The van der Waals surface area contributed by atoms with E-state index in [0.717, 1.165) is 5.56 Å². The standard InChI is InChI=1S/C15H22N2O4.ClH/c1-11-14(16-6-8-20-11)15(19)17-10-12-4-2-3-5-13(12)21-9-7-18;/h2-5,11,14,16,18H,6-10H2,1H3,(H,17,19);1H/t11-,14+;/m1./s1. The number of rotatable bonds is 6. The summed E-state index contributed by atoms with van der Waals surface area (Å²) in [5, 5.41) is 14.9. The highest BCUT2D eigenvalue weighted by atomic mass is 35.5. The van der Waals surface area contributed by atoms with E-state index in [4.69, 9.17) is 14.6 Å². The van der Waals surface area contributed by atoms with Crippen molar-refractivity contribution in [2.45, 2.75) is 25.6 Å². The van der Waals surface area contributed by atoms with Crippen LogP contribution in [-0.2, 0) is 16.1 Å². The van der Waals surface area contributed by atoms with Gasteiger partial charge >= 0.3 is 0 Å². The lowest BCUT2D eigenvalue weighted by molar-refractivity contribution is -0.129. The Bertz CT molecular complexity index is 473. The number of carbonyl (C=O) groups excluding carboxylic acids is 1. The Balaban J connectivity index is 0.00000242. The quantitative estimate of drug-likeness (QED) is 0.706. The van der Waals surface area contributed by atoms with E-state index in [1.165, 1.54) is 0 Å². The molecule has 1 amide bonds. The van der Waals surface area contributed by atoms with Crippen LogP contribution in [-0.4, -0.2) is 49.5 Å². The van der Waals surface area contributed by atoms with Crippen LogP contribution in [0, 0.1) is 0 Å². The summed E-state index contributed by atoms with van der Waals surface area (Å²) in [6.45, 7) is 3.77. The average molecular weight is 331 g/mol. The zero-order valence-electron chi connectivity index (χ0n) is 12.6. The highest BCUT2D eigenvalue weighted by Crippen LogP contribution is 2.17. The normalized spacial score (nSPS) is 20.8. The Labute approximate surface area is 136 Å². The Hall–Kier alpha value is -1.34. The summed E-state index contributed by atoms with van der Waals surface area (Å²) in [4.78, 5) is 12.2. The van der Waals surface area contributed by atoms with Crippen molar-refractivity contribution in [2.75, 3.05) is 26.4 Å². The second-order valence-corrected chi connectivity index (χ2v) is 4.91. The fourth-order valence-corrected chi connectivity index (χ4v) is 2.27. The van der Waals surface area contributed by atoms with Gasteiger partial charge in [0.1, 0.15) is 18.4 Å². The van der Waals surface area contributed by atoms with Crippen molar-refractivity contribution >= 4 is 18.3 Å². The van der Waals surface area contributed by atoms with Gasteiger partial charge in [0, 0.05) is 18.7 Å². The molecule has 0 bridgehead atoms. The molecule has 1 aromatic rings. The highest BCUT2D eigenvalue weighted by molar-refractivity contribution is 5.85. The van der Waals surface area contributed by atoms with E-state index in [0.29, 0.717) is 25.4 Å². The van der Waals surface area contributed by atoms with Gasteiger partial charge in [-0.3, -0.25) is 4.79 Å². The Morgan fingerprint density at radius 1 is 1.50 bits per heavy atom. The van der Waals surface area contributed by atoms with Gasteiger partial charge in [-0.15, -0.1) is 12.4 Å².